The van der Waals surface area contributed by atoms with Crippen LogP contribution in [-0.4, -0.2) is 47.2 Å². The summed E-state index contributed by atoms with van der Waals surface area (Å²) in [6.45, 7) is 0.0481. The van der Waals surface area contributed by atoms with Crippen LogP contribution in [0.2, 0.25) is 0 Å². The number of non-ortho nitro benzene ring substituents is 2. The third-order valence-electron chi connectivity index (χ3n) is 4.04. The van der Waals surface area contributed by atoms with Crippen LogP contribution in [0.5, 0.6) is 0 Å². The summed E-state index contributed by atoms with van der Waals surface area (Å²) in [6, 6.07) is 9.72. The van der Waals surface area contributed by atoms with Crippen molar-refractivity contribution in [1.29, 1.82) is 0 Å². The maximum atomic E-state index is 12.2. The molecule has 1 aliphatic heterocycles. The number of carbonyl (C=O) groups excluding carboxylic acids is 2. The molecule has 2 aromatic carbocycles. The quantitative estimate of drug-likeness (QED) is 0.280. The maximum Gasteiger partial charge on any atom is 0.338 e. The lowest BCUT2D eigenvalue weighted by atomic mass is 10.2. The summed E-state index contributed by atoms with van der Waals surface area (Å²) in [5.74, 6) is -1.48. The molecule has 0 aromatic heterocycles. The molecule has 0 saturated carbocycles. The fraction of sp³-hybridized carbons (Fsp3) is 0.222. The molecule has 2 aromatic rings. The summed E-state index contributed by atoms with van der Waals surface area (Å²) in [6.07, 6.45) is -1.29. The molecule has 11 nitrogen and oxygen atoms in total. The van der Waals surface area contributed by atoms with E-state index in [-0.39, 0.29) is 29.1 Å². The second-order valence-corrected chi connectivity index (χ2v) is 6.02. The number of nitro benzene ring substituents is 2. The standard InChI is InChI=1S/C18H14N2O9/c21-17(11-1-5-13(6-2-11)19(23)24)28-10-16(15-9-27-15)29-18(22)12-3-7-14(8-4-12)20(25)26/h1-8,15-16H,9-10H2/t15-,16-/m1/s1. The molecule has 0 unspecified atom stereocenters. The Kier molecular flexibility index (Phi) is 5.79. The number of epoxide rings is 1. The number of benzene rings is 2. The van der Waals surface area contributed by atoms with Crippen molar-refractivity contribution in [3.05, 3.63) is 79.9 Å². The number of hydrogen-bond acceptors (Lipinski definition) is 9. The minimum Gasteiger partial charge on any atom is -0.458 e. The third-order valence-corrected chi connectivity index (χ3v) is 4.04. The summed E-state index contributed by atoms with van der Waals surface area (Å²) in [7, 11) is 0. The molecule has 3 rings (SSSR count). The largest absolute Gasteiger partial charge is 0.458 e. The van der Waals surface area contributed by atoms with Crippen LogP contribution in [0, 0.1) is 20.2 Å². The van der Waals surface area contributed by atoms with Gasteiger partial charge in [0.2, 0.25) is 0 Å². The number of ether oxygens (including phenoxy) is 3. The minimum absolute atomic E-state index is 0.0999. The second-order valence-electron chi connectivity index (χ2n) is 6.02. The zero-order valence-corrected chi connectivity index (χ0v) is 14.8. The third kappa shape index (κ3) is 5.11. The van der Waals surface area contributed by atoms with E-state index < -0.39 is 34.0 Å². The van der Waals surface area contributed by atoms with Crippen molar-refractivity contribution in [3.8, 4) is 0 Å². The maximum absolute atomic E-state index is 12.2. The number of rotatable bonds is 8. The highest BCUT2D eigenvalue weighted by Gasteiger charge is 2.37. The van der Waals surface area contributed by atoms with Crippen molar-refractivity contribution in [2.24, 2.45) is 0 Å². The molecule has 0 radical (unpaired) electrons. The van der Waals surface area contributed by atoms with Crippen molar-refractivity contribution in [2.75, 3.05) is 13.2 Å². The Bertz CT molecular complexity index is 937. The Morgan fingerprint density at radius 2 is 1.38 bits per heavy atom. The zero-order chi connectivity index (χ0) is 21.0. The first-order valence-corrected chi connectivity index (χ1v) is 8.34. The Hall–Kier alpha value is -3.86. The molecule has 1 fully saturated rings. The lowest BCUT2D eigenvalue weighted by molar-refractivity contribution is -0.385. The van der Waals surface area contributed by atoms with Gasteiger partial charge in [0.15, 0.2) is 6.10 Å². The number of esters is 2. The molecule has 1 heterocycles. The van der Waals surface area contributed by atoms with E-state index >= 15 is 0 Å². The number of carbonyl (C=O) groups is 2. The van der Waals surface area contributed by atoms with Gasteiger partial charge in [0.25, 0.3) is 11.4 Å². The van der Waals surface area contributed by atoms with Gasteiger partial charge in [-0.3, -0.25) is 20.2 Å². The van der Waals surface area contributed by atoms with Gasteiger partial charge in [0.1, 0.15) is 12.7 Å². The highest BCUT2D eigenvalue weighted by Crippen LogP contribution is 2.21. The topological polar surface area (TPSA) is 151 Å². The lowest BCUT2D eigenvalue weighted by Crippen LogP contribution is -2.30. The van der Waals surface area contributed by atoms with E-state index in [0.717, 1.165) is 0 Å². The van der Waals surface area contributed by atoms with Crippen molar-refractivity contribution in [3.63, 3.8) is 0 Å². The molecular weight excluding hydrogens is 388 g/mol. The van der Waals surface area contributed by atoms with Crippen molar-refractivity contribution < 1.29 is 33.6 Å². The van der Waals surface area contributed by atoms with Crippen LogP contribution in [-0.2, 0) is 14.2 Å². The van der Waals surface area contributed by atoms with Crippen LogP contribution in [0.3, 0.4) is 0 Å². The smallest absolute Gasteiger partial charge is 0.338 e. The van der Waals surface area contributed by atoms with Crippen LogP contribution in [0.25, 0.3) is 0 Å². The van der Waals surface area contributed by atoms with E-state index in [4.69, 9.17) is 14.2 Å². The number of hydrogen-bond donors (Lipinski definition) is 0. The van der Waals surface area contributed by atoms with Crippen molar-refractivity contribution in [1.82, 2.24) is 0 Å². The molecule has 2 atom stereocenters. The molecule has 0 amide bonds. The predicted octanol–water partition coefficient (Wildman–Crippen LogP) is 2.28. The SMILES string of the molecule is O=C(OC[C@@H](OC(=O)c1ccc([N+](=O)[O-])cc1)[C@H]1CO1)c1ccc([N+](=O)[O-])cc1. The summed E-state index contributed by atoms with van der Waals surface area (Å²) in [5, 5.41) is 21.3. The van der Waals surface area contributed by atoms with E-state index in [1.54, 1.807) is 0 Å². The molecule has 0 N–H and O–H groups in total. The molecular formula is C18H14N2O9. The van der Waals surface area contributed by atoms with E-state index in [1.165, 1.54) is 48.5 Å². The molecule has 0 spiro atoms. The summed E-state index contributed by atoms with van der Waals surface area (Å²) in [5.41, 5.74) is -0.126. The van der Waals surface area contributed by atoms with Gasteiger partial charge >= 0.3 is 11.9 Å². The second kappa shape index (κ2) is 8.44. The van der Waals surface area contributed by atoms with Crippen molar-refractivity contribution in [2.45, 2.75) is 12.2 Å². The van der Waals surface area contributed by atoms with Crippen LogP contribution in [0.4, 0.5) is 11.4 Å². The Balaban J connectivity index is 1.58. The Morgan fingerprint density at radius 3 is 1.79 bits per heavy atom. The average molecular weight is 402 g/mol. The van der Waals surface area contributed by atoms with E-state index in [9.17, 15) is 29.8 Å². The van der Waals surface area contributed by atoms with Crippen LogP contribution < -0.4 is 0 Å². The van der Waals surface area contributed by atoms with Gasteiger partial charge in [0, 0.05) is 24.3 Å². The van der Waals surface area contributed by atoms with Crippen LogP contribution >= 0.6 is 0 Å². The zero-order valence-electron chi connectivity index (χ0n) is 14.8. The highest BCUT2D eigenvalue weighted by molar-refractivity contribution is 5.90. The predicted molar refractivity (Wildman–Crippen MR) is 95.4 cm³/mol. The number of nitrogens with zero attached hydrogens (tertiary/aromatic N) is 2. The molecule has 11 heteroatoms. The fourth-order valence-corrected chi connectivity index (χ4v) is 2.37. The molecule has 1 saturated heterocycles. The molecule has 0 aliphatic carbocycles. The van der Waals surface area contributed by atoms with E-state index in [2.05, 4.69) is 0 Å². The molecule has 29 heavy (non-hydrogen) atoms. The fourth-order valence-electron chi connectivity index (χ4n) is 2.37. The first-order valence-electron chi connectivity index (χ1n) is 8.34. The summed E-state index contributed by atoms with van der Waals surface area (Å²) >= 11 is 0. The first-order chi connectivity index (χ1) is 13.8. The van der Waals surface area contributed by atoms with Crippen LogP contribution in [0.15, 0.2) is 48.5 Å². The first kappa shape index (κ1) is 19.9. The van der Waals surface area contributed by atoms with Gasteiger partial charge in [0.05, 0.1) is 27.6 Å². The summed E-state index contributed by atoms with van der Waals surface area (Å²) < 4.78 is 15.5. The number of nitro groups is 2. The van der Waals surface area contributed by atoms with E-state index in [1.807, 2.05) is 0 Å². The monoisotopic (exact) mass is 402 g/mol. The summed E-state index contributed by atoms with van der Waals surface area (Å²) in [4.78, 5) is 44.5. The average Bonchev–Trinajstić information content (AvgIpc) is 3.56. The van der Waals surface area contributed by atoms with Gasteiger partial charge < -0.3 is 14.2 Å². The minimum atomic E-state index is -0.861. The Morgan fingerprint density at radius 1 is 0.931 bits per heavy atom. The van der Waals surface area contributed by atoms with Gasteiger partial charge in [-0.25, -0.2) is 9.59 Å². The van der Waals surface area contributed by atoms with E-state index in [0.29, 0.717) is 6.61 Å². The van der Waals surface area contributed by atoms with Crippen LogP contribution in [0.1, 0.15) is 20.7 Å². The van der Waals surface area contributed by atoms with Gasteiger partial charge in [-0.05, 0) is 24.3 Å². The molecule has 150 valence electrons. The lowest BCUT2D eigenvalue weighted by Gasteiger charge is -2.16. The Labute approximate surface area is 163 Å². The molecule has 0 bridgehead atoms. The van der Waals surface area contributed by atoms with Gasteiger partial charge in [-0.1, -0.05) is 0 Å². The molecule has 1 aliphatic rings. The van der Waals surface area contributed by atoms with Crippen molar-refractivity contribution >= 4 is 23.3 Å². The normalized spacial score (nSPS) is 15.8. The van der Waals surface area contributed by atoms with Gasteiger partial charge in [-0.15, -0.1) is 0 Å². The highest BCUT2D eigenvalue weighted by atomic mass is 16.6. The van der Waals surface area contributed by atoms with Gasteiger partial charge in [-0.2, -0.15) is 0 Å².